The summed E-state index contributed by atoms with van der Waals surface area (Å²) < 4.78 is 26.9. The summed E-state index contributed by atoms with van der Waals surface area (Å²) in [5.41, 5.74) is 1.81. The Morgan fingerprint density at radius 3 is 2.36 bits per heavy atom. The van der Waals surface area contributed by atoms with Gasteiger partial charge in [0.2, 0.25) is 11.5 Å². The highest BCUT2D eigenvalue weighted by atomic mass is 19.1. The Morgan fingerprint density at radius 1 is 0.917 bits per heavy atom. The van der Waals surface area contributed by atoms with Crippen LogP contribution < -0.4 is 10.6 Å². The Balaban J connectivity index is 1.40. The van der Waals surface area contributed by atoms with E-state index in [1.165, 1.54) is 24.4 Å². The zero-order valence-electron chi connectivity index (χ0n) is 19.7. The lowest BCUT2D eigenvalue weighted by molar-refractivity contribution is 0.0992. The van der Waals surface area contributed by atoms with Gasteiger partial charge in [0.15, 0.2) is 17.5 Å². The standard InChI is InChI=1S/C24H20FN7O4/c1-11-21(36-13(3)27-11)23(34)29-15-5-6-18(25)17(7-15)19-10-32-9-16(8-26-24(32)31-19)30-22(33)20-12(2)35-14(4)28-20/h5-10H,1-4H3,(H,29,34)(H,30,33). The molecule has 0 spiro atoms. The van der Waals surface area contributed by atoms with Crippen molar-refractivity contribution in [3.05, 3.63) is 77.3 Å². The van der Waals surface area contributed by atoms with Gasteiger partial charge in [0.05, 0.1) is 23.3 Å². The van der Waals surface area contributed by atoms with Crippen LogP contribution in [0.1, 0.15) is 44.3 Å². The number of benzene rings is 1. The Bertz CT molecular complexity index is 1650. The minimum absolute atomic E-state index is 0.0841. The number of imidazole rings is 1. The third-order valence-corrected chi connectivity index (χ3v) is 5.30. The third kappa shape index (κ3) is 4.31. The summed E-state index contributed by atoms with van der Waals surface area (Å²) in [6, 6.07) is 4.13. The van der Waals surface area contributed by atoms with E-state index in [0.29, 0.717) is 34.6 Å². The van der Waals surface area contributed by atoms with Crippen molar-refractivity contribution >= 4 is 29.0 Å². The SMILES string of the molecule is Cc1nc(C(=O)Nc2cnc3nc(-c4cc(NC(=O)c5oc(C)nc5C)ccc4F)cn3c2)c(C)o1. The quantitative estimate of drug-likeness (QED) is 0.373. The molecule has 0 bridgehead atoms. The highest BCUT2D eigenvalue weighted by molar-refractivity contribution is 6.04. The third-order valence-electron chi connectivity index (χ3n) is 5.30. The van der Waals surface area contributed by atoms with Crippen molar-refractivity contribution in [1.82, 2.24) is 24.3 Å². The van der Waals surface area contributed by atoms with Gasteiger partial charge in [-0.3, -0.25) is 14.0 Å². The van der Waals surface area contributed by atoms with Gasteiger partial charge < -0.3 is 19.5 Å². The highest BCUT2D eigenvalue weighted by Crippen LogP contribution is 2.26. The molecule has 0 aliphatic carbocycles. The summed E-state index contributed by atoms with van der Waals surface area (Å²) >= 11 is 0. The van der Waals surface area contributed by atoms with Crippen LogP contribution >= 0.6 is 0 Å². The van der Waals surface area contributed by atoms with Crippen LogP contribution in [-0.4, -0.2) is 36.2 Å². The summed E-state index contributed by atoms with van der Waals surface area (Å²) in [5, 5.41) is 5.39. The first-order valence-electron chi connectivity index (χ1n) is 10.8. The van der Waals surface area contributed by atoms with Crippen LogP contribution in [-0.2, 0) is 0 Å². The Kier molecular flexibility index (Phi) is 5.55. The lowest BCUT2D eigenvalue weighted by atomic mass is 10.1. The van der Waals surface area contributed by atoms with Crippen LogP contribution in [0.25, 0.3) is 17.0 Å². The van der Waals surface area contributed by atoms with E-state index in [4.69, 9.17) is 8.83 Å². The van der Waals surface area contributed by atoms with Crippen molar-refractivity contribution in [3.8, 4) is 11.3 Å². The number of nitrogens with zero attached hydrogens (tertiary/aromatic N) is 5. The maximum Gasteiger partial charge on any atom is 0.293 e. The van der Waals surface area contributed by atoms with Crippen molar-refractivity contribution in [1.29, 1.82) is 0 Å². The van der Waals surface area contributed by atoms with E-state index in [1.807, 2.05) is 0 Å². The number of rotatable bonds is 5. The Hall–Kier alpha value is -4.87. The van der Waals surface area contributed by atoms with Crippen molar-refractivity contribution in [3.63, 3.8) is 0 Å². The summed E-state index contributed by atoms with van der Waals surface area (Å²) in [6.07, 6.45) is 4.59. The molecule has 36 heavy (non-hydrogen) atoms. The van der Waals surface area contributed by atoms with E-state index < -0.39 is 17.6 Å². The topological polar surface area (TPSA) is 140 Å². The summed E-state index contributed by atoms with van der Waals surface area (Å²) in [5.74, 6) is 0.0543. The molecule has 0 aliphatic rings. The summed E-state index contributed by atoms with van der Waals surface area (Å²) in [7, 11) is 0. The van der Waals surface area contributed by atoms with E-state index >= 15 is 0 Å². The number of fused-ring (bicyclic) bond motifs is 1. The number of carbonyl (C=O) groups is 2. The molecule has 2 N–H and O–H groups in total. The summed E-state index contributed by atoms with van der Waals surface area (Å²) in [4.78, 5) is 41.8. The molecule has 182 valence electrons. The second kappa shape index (κ2) is 8.73. The number of amides is 2. The fourth-order valence-electron chi connectivity index (χ4n) is 3.74. The van der Waals surface area contributed by atoms with E-state index in [9.17, 15) is 14.0 Å². The number of hydrogen-bond acceptors (Lipinski definition) is 8. The van der Waals surface area contributed by atoms with Gasteiger partial charge in [0.1, 0.15) is 11.6 Å². The Labute approximate surface area is 203 Å². The number of anilines is 2. The molecule has 5 rings (SSSR count). The van der Waals surface area contributed by atoms with Crippen LogP contribution in [0.5, 0.6) is 0 Å². The van der Waals surface area contributed by atoms with Gasteiger partial charge in [0.25, 0.3) is 11.8 Å². The van der Waals surface area contributed by atoms with Crippen LogP contribution in [0, 0.1) is 33.5 Å². The predicted octanol–water partition coefficient (Wildman–Crippen LogP) is 4.25. The van der Waals surface area contributed by atoms with Crippen molar-refractivity contribution in [2.75, 3.05) is 10.6 Å². The van der Waals surface area contributed by atoms with Crippen LogP contribution in [0.3, 0.4) is 0 Å². The molecular formula is C24H20FN7O4. The maximum absolute atomic E-state index is 14.7. The fraction of sp³-hybridized carbons (Fsp3) is 0.167. The van der Waals surface area contributed by atoms with Gasteiger partial charge in [-0.25, -0.2) is 24.3 Å². The van der Waals surface area contributed by atoms with Crippen molar-refractivity contribution < 1.29 is 22.8 Å². The molecule has 4 heterocycles. The minimum Gasteiger partial charge on any atom is -0.445 e. The first-order valence-corrected chi connectivity index (χ1v) is 10.8. The molecule has 4 aromatic heterocycles. The van der Waals surface area contributed by atoms with Crippen LogP contribution in [0.2, 0.25) is 0 Å². The molecule has 0 aliphatic heterocycles. The van der Waals surface area contributed by atoms with Gasteiger partial charge in [-0.2, -0.15) is 0 Å². The monoisotopic (exact) mass is 489 g/mol. The first-order chi connectivity index (χ1) is 17.2. The molecule has 2 amide bonds. The second-order valence-corrected chi connectivity index (χ2v) is 8.06. The van der Waals surface area contributed by atoms with Crippen LogP contribution in [0.15, 0.2) is 45.6 Å². The second-order valence-electron chi connectivity index (χ2n) is 8.06. The molecule has 5 aromatic rings. The molecule has 0 saturated carbocycles. The van der Waals surface area contributed by atoms with Crippen LogP contribution in [0.4, 0.5) is 15.8 Å². The number of oxazole rings is 2. The number of carbonyl (C=O) groups excluding carboxylic acids is 2. The fourth-order valence-corrected chi connectivity index (χ4v) is 3.74. The lowest BCUT2D eigenvalue weighted by Crippen LogP contribution is -2.14. The van der Waals surface area contributed by atoms with E-state index in [0.717, 1.165) is 0 Å². The Morgan fingerprint density at radius 2 is 1.67 bits per heavy atom. The molecule has 0 fully saturated rings. The van der Waals surface area contributed by atoms with E-state index in [2.05, 4.69) is 30.6 Å². The number of nitrogens with one attached hydrogen (secondary N) is 2. The van der Waals surface area contributed by atoms with Crippen molar-refractivity contribution in [2.45, 2.75) is 27.7 Å². The van der Waals surface area contributed by atoms with Gasteiger partial charge in [-0.1, -0.05) is 0 Å². The van der Waals surface area contributed by atoms with Gasteiger partial charge in [-0.15, -0.1) is 0 Å². The number of aromatic nitrogens is 5. The van der Waals surface area contributed by atoms with Gasteiger partial charge in [-0.05, 0) is 32.0 Å². The first kappa shape index (κ1) is 22.9. The zero-order chi connectivity index (χ0) is 25.6. The van der Waals surface area contributed by atoms with Gasteiger partial charge in [0, 0.05) is 37.5 Å². The van der Waals surface area contributed by atoms with Crippen molar-refractivity contribution in [2.24, 2.45) is 0 Å². The average Bonchev–Trinajstić information content (AvgIpc) is 3.50. The average molecular weight is 489 g/mol. The largest absolute Gasteiger partial charge is 0.445 e. The minimum atomic E-state index is -0.534. The smallest absolute Gasteiger partial charge is 0.293 e. The number of hydrogen-bond donors (Lipinski definition) is 2. The lowest BCUT2D eigenvalue weighted by Gasteiger charge is -2.06. The molecule has 12 heteroatoms. The van der Waals surface area contributed by atoms with Gasteiger partial charge >= 0.3 is 0 Å². The number of aryl methyl sites for hydroxylation is 4. The molecule has 0 saturated heterocycles. The number of halogens is 1. The summed E-state index contributed by atoms with van der Waals surface area (Å²) in [6.45, 7) is 6.61. The maximum atomic E-state index is 14.7. The van der Waals surface area contributed by atoms with E-state index in [-0.39, 0.29) is 28.5 Å². The normalized spacial score (nSPS) is 11.1. The molecular weight excluding hydrogens is 469 g/mol. The zero-order valence-corrected chi connectivity index (χ0v) is 19.7. The molecule has 0 radical (unpaired) electrons. The van der Waals surface area contributed by atoms with E-state index in [1.54, 1.807) is 44.5 Å². The molecule has 0 atom stereocenters. The predicted molar refractivity (Wildman–Crippen MR) is 126 cm³/mol. The molecule has 11 nitrogen and oxygen atoms in total. The highest BCUT2D eigenvalue weighted by Gasteiger charge is 2.19. The molecule has 0 unspecified atom stereocenters. The molecule has 1 aromatic carbocycles.